The first-order valence-corrected chi connectivity index (χ1v) is 9.73. The molecular formula is C21H25FN6O. The van der Waals surface area contributed by atoms with Crippen LogP contribution in [0.25, 0.3) is 11.3 Å². The number of halogens is 1. The maximum absolute atomic E-state index is 15.2. The minimum Gasteiger partial charge on any atom is -0.367 e. The number of carbonyl (C=O) groups is 1. The fourth-order valence-corrected chi connectivity index (χ4v) is 4.06. The fraction of sp³-hybridized carbons (Fsp3) is 0.381. The molecule has 2 atom stereocenters. The molecular weight excluding hydrogens is 371 g/mol. The number of pyridine rings is 1. The van der Waals surface area contributed by atoms with E-state index in [1.807, 2.05) is 0 Å². The van der Waals surface area contributed by atoms with Gasteiger partial charge in [-0.25, -0.2) is 9.37 Å². The van der Waals surface area contributed by atoms with Crippen molar-refractivity contribution in [3.8, 4) is 11.3 Å². The molecule has 29 heavy (non-hydrogen) atoms. The molecule has 0 bridgehead atoms. The van der Waals surface area contributed by atoms with Crippen LogP contribution in [-0.4, -0.2) is 44.2 Å². The Bertz CT molecular complexity index is 997. The lowest BCUT2D eigenvalue weighted by Gasteiger charge is -2.40. The van der Waals surface area contributed by atoms with E-state index in [0.29, 0.717) is 35.0 Å². The van der Waals surface area contributed by atoms with Crippen molar-refractivity contribution < 1.29 is 9.18 Å². The molecule has 2 N–H and O–H groups in total. The second-order valence-electron chi connectivity index (χ2n) is 7.68. The van der Waals surface area contributed by atoms with E-state index in [1.54, 1.807) is 30.2 Å². The normalized spacial score (nSPS) is 20.9. The summed E-state index contributed by atoms with van der Waals surface area (Å²) in [5, 5.41) is 10.1. The zero-order valence-electron chi connectivity index (χ0n) is 16.7. The van der Waals surface area contributed by atoms with Gasteiger partial charge in [-0.2, -0.15) is 5.10 Å². The van der Waals surface area contributed by atoms with E-state index in [2.05, 4.69) is 45.7 Å². The lowest BCUT2D eigenvalue weighted by atomic mass is 9.98. The molecule has 2 unspecified atom stereocenters. The molecule has 152 valence electrons. The monoisotopic (exact) mass is 396 g/mol. The molecule has 8 heteroatoms. The van der Waals surface area contributed by atoms with Crippen LogP contribution in [0.15, 0.2) is 37.3 Å². The van der Waals surface area contributed by atoms with Gasteiger partial charge in [-0.1, -0.05) is 13.2 Å². The highest BCUT2D eigenvalue weighted by molar-refractivity contribution is 6.04. The predicted molar refractivity (Wildman–Crippen MR) is 110 cm³/mol. The SMILES string of the molecule is C=CC(=C)N1CC(Nc2nc(-c3cnn(C)c3)c3c(c2F)CNC3=O)CCC1C. The van der Waals surface area contributed by atoms with Crippen LogP contribution in [0.2, 0.25) is 0 Å². The van der Waals surface area contributed by atoms with Crippen LogP contribution in [0.1, 0.15) is 35.7 Å². The molecule has 2 aliphatic heterocycles. The van der Waals surface area contributed by atoms with Crippen molar-refractivity contribution in [2.24, 2.45) is 7.05 Å². The van der Waals surface area contributed by atoms with Gasteiger partial charge in [-0.3, -0.25) is 9.48 Å². The zero-order valence-corrected chi connectivity index (χ0v) is 16.7. The van der Waals surface area contributed by atoms with E-state index in [-0.39, 0.29) is 24.3 Å². The zero-order chi connectivity index (χ0) is 20.7. The maximum atomic E-state index is 15.2. The van der Waals surface area contributed by atoms with Gasteiger partial charge in [0.05, 0.1) is 17.5 Å². The quantitative estimate of drug-likeness (QED) is 0.761. The Hall–Kier alpha value is -3.16. The number of rotatable bonds is 5. The molecule has 1 saturated heterocycles. The van der Waals surface area contributed by atoms with E-state index in [0.717, 1.165) is 18.5 Å². The van der Waals surface area contributed by atoms with Crippen LogP contribution >= 0.6 is 0 Å². The number of piperidine rings is 1. The van der Waals surface area contributed by atoms with Gasteiger partial charge in [0.25, 0.3) is 5.91 Å². The third-order valence-corrected chi connectivity index (χ3v) is 5.69. The number of allylic oxidation sites excluding steroid dienone is 1. The van der Waals surface area contributed by atoms with Gasteiger partial charge in [0.2, 0.25) is 0 Å². The fourth-order valence-electron chi connectivity index (χ4n) is 4.06. The van der Waals surface area contributed by atoms with Crippen molar-refractivity contribution in [1.82, 2.24) is 25.0 Å². The number of fused-ring (bicyclic) bond motifs is 1. The lowest BCUT2D eigenvalue weighted by Crippen LogP contribution is -2.46. The summed E-state index contributed by atoms with van der Waals surface area (Å²) < 4.78 is 16.8. The molecule has 0 radical (unpaired) electrons. The number of aromatic nitrogens is 3. The number of aryl methyl sites for hydroxylation is 1. The van der Waals surface area contributed by atoms with Gasteiger partial charge in [0.15, 0.2) is 11.6 Å². The second kappa shape index (κ2) is 7.35. The number of carbonyl (C=O) groups excluding carboxylic acids is 1. The Kier molecular flexibility index (Phi) is 4.86. The maximum Gasteiger partial charge on any atom is 0.254 e. The van der Waals surface area contributed by atoms with Crippen LogP contribution < -0.4 is 10.6 Å². The molecule has 2 aromatic rings. The number of nitrogens with one attached hydrogen (secondary N) is 2. The van der Waals surface area contributed by atoms with Crippen LogP contribution in [0.5, 0.6) is 0 Å². The lowest BCUT2D eigenvalue weighted by molar-refractivity contribution is 0.0966. The molecule has 0 aliphatic carbocycles. The van der Waals surface area contributed by atoms with Crippen LogP contribution in [0, 0.1) is 5.82 Å². The molecule has 2 aliphatic rings. The van der Waals surface area contributed by atoms with Crippen molar-refractivity contribution in [3.63, 3.8) is 0 Å². The molecule has 4 rings (SSSR count). The Morgan fingerprint density at radius 1 is 1.45 bits per heavy atom. The van der Waals surface area contributed by atoms with Gasteiger partial charge < -0.3 is 15.5 Å². The van der Waals surface area contributed by atoms with Crippen LogP contribution in [-0.2, 0) is 13.6 Å². The van der Waals surface area contributed by atoms with E-state index in [4.69, 9.17) is 0 Å². The summed E-state index contributed by atoms with van der Waals surface area (Å²) in [4.78, 5) is 19.0. The third kappa shape index (κ3) is 3.39. The smallest absolute Gasteiger partial charge is 0.254 e. The minimum atomic E-state index is -0.473. The van der Waals surface area contributed by atoms with Crippen molar-refractivity contribution in [3.05, 3.63) is 54.3 Å². The summed E-state index contributed by atoms with van der Waals surface area (Å²) in [7, 11) is 1.79. The van der Waals surface area contributed by atoms with Crippen LogP contribution in [0.3, 0.4) is 0 Å². The number of hydrogen-bond donors (Lipinski definition) is 2. The molecule has 7 nitrogen and oxygen atoms in total. The third-order valence-electron chi connectivity index (χ3n) is 5.69. The first-order valence-electron chi connectivity index (χ1n) is 9.73. The van der Waals surface area contributed by atoms with E-state index in [1.165, 1.54) is 0 Å². The number of likely N-dealkylation sites (tertiary alicyclic amines) is 1. The van der Waals surface area contributed by atoms with E-state index in [9.17, 15) is 4.79 Å². The largest absolute Gasteiger partial charge is 0.367 e. The summed E-state index contributed by atoms with van der Waals surface area (Å²) in [5.74, 6) is -0.613. The van der Waals surface area contributed by atoms with Gasteiger partial charge in [-0.15, -0.1) is 0 Å². The molecule has 0 saturated carbocycles. The molecule has 1 amide bonds. The topological polar surface area (TPSA) is 75.1 Å². The van der Waals surface area contributed by atoms with Gasteiger partial charge >= 0.3 is 0 Å². The number of hydrogen-bond acceptors (Lipinski definition) is 5. The average Bonchev–Trinajstić information content (AvgIpc) is 3.31. The van der Waals surface area contributed by atoms with Crippen molar-refractivity contribution in [1.29, 1.82) is 0 Å². The molecule has 0 spiro atoms. The Labute approximate surface area is 169 Å². The Morgan fingerprint density at radius 3 is 2.93 bits per heavy atom. The van der Waals surface area contributed by atoms with Gasteiger partial charge in [0.1, 0.15) is 0 Å². The predicted octanol–water partition coefficient (Wildman–Crippen LogP) is 2.83. The van der Waals surface area contributed by atoms with Crippen molar-refractivity contribution in [2.75, 3.05) is 11.9 Å². The first-order chi connectivity index (χ1) is 13.9. The summed E-state index contributed by atoms with van der Waals surface area (Å²) in [6, 6.07) is 0.360. The summed E-state index contributed by atoms with van der Waals surface area (Å²) in [6.07, 6.45) is 6.99. The van der Waals surface area contributed by atoms with Crippen LogP contribution in [0.4, 0.5) is 10.2 Å². The highest BCUT2D eigenvalue weighted by Gasteiger charge is 2.32. The molecule has 2 aromatic heterocycles. The Balaban J connectivity index is 1.69. The van der Waals surface area contributed by atoms with Crippen molar-refractivity contribution in [2.45, 2.75) is 38.4 Å². The first kappa shape index (κ1) is 19.2. The number of amides is 1. The number of nitrogens with zero attached hydrogens (tertiary/aromatic N) is 4. The molecule has 4 heterocycles. The van der Waals surface area contributed by atoms with Gasteiger partial charge in [-0.05, 0) is 25.8 Å². The molecule has 1 fully saturated rings. The van der Waals surface area contributed by atoms with Crippen molar-refractivity contribution >= 4 is 11.7 Å². The summed E-state index contributed by atoms with van der Waals surface area (Å²) in [6.45, 7) is 10.9. The summed E-state index contributed by atoms with van der Waals surface area (Å²) in [5.41, 5.74) is 2.63. The van der Waals surface area contributed by atoms with Gasteiger partial charge in [0, 0.05) is 55.2 Å². The highest BCUT2D eigenvalue weighted by Crippen LogP contribution is 2.33. The van der Waals surface area contributed by atoms with E-state index >= 15 is 4.39 Å². The minimum absolute atomic E-state index is 0.00904. The van der Waals surface area contributed by atoms with E-state index < -0.39 is 5.82 Å². The summed E-state index contributed by atoms with van der Waals surface area (Å²) >= 11 is 0. The average molecular weight is 396 g/mol. The standard InChI is InChI=1S/C21H25FN6O/c1-5-12(2)28-11-15(7-6-13(28)3)25-20-18(22)16-9-23-21(29)17(16)19(26-20)14-8-24-27(4)10-14/h5,8,10,13,15H,1-2,6-7,9,11H2,3-4H3,(H,23,29)(H,25,26). The Morgan fingerprint density at radius 2 is 2.24 bits per heavy atom. The second-order valence-corrected chi connectivity index (χ2v) is 7.68. The number of anilines is 1. The molecule has 0 aromatic carbocycles. The highest BCUT2D eigenvalue weighted by atomic mass is 19.1.